The Bertz CT molecular complexity index is 613. The van der Waals surface area contributed by atoms with Gasteiger partial charge in [0, 0.05) is 30.7 Å². The maximum absolute atomic E-state index is 12.3. The second-order valence-corrected chi connectivity index (χ2v) is 7.18. The highest BCUT2D eigenvalue weighted by molar-refractivity contribution is 5.95. The molecule has 138 valence electrons. The summed E-state index contributed by atoms with van der Waals surface area (Å²) in [6.45, 7) is 8.00. The molecule has 0 saturated carbocycles. The average Bonchev–Trinajstić information content (AvgIpc) is 2.53. The molecule has 3 amide bonds. The Morgan fingerprint density at radius 3 is 2.72 bits per heavy atom. The molecule has 1 unspecified atom stereocenters. The van der Waals surface area contributed by atoms with Gasteiger partial charge in [-0.05, 0) is 26.8 Å². The van der Waals surface area contributed by atoms with Gasteiger partial charge in [0.15, 0.2) is 0 Å². The zero-order valence-electron chi connectivity index (χ0n) is 15.4. The van der Waals surface area contributed by atoms with Crippen molar-refractivity contribution in [3.63, 3.8) is 0 Å². The molecule has 1 saturated heterocycles. The largest absolute Gasteiger partial charge is 0.496 e. The first-order valence-electron chi connectivity index (χ1n) is 8.50. The summed E-state index contributed by atoms with van der Waals surface area (Å²) in [5, 5.41) is 8.48. The molecule has 1 heterocycles. The van der Waals surface area contributed by atoms with Crippen molar-refractivity contribution >= 4 is 11.9 Å². The van der Waals surface area contributed by atoms with Crippen molar-refractivity contribution in [1.82, 2.24) is 20.9 Å². The van der Waals surface area contributed by atoms with Crippen molar-refractivity contribution in [2.45, 2.75) is 32.4 Å². The minimum atomic E-state index is -0.471. The lowest BCUT2D eigenvalue weighted by atomic mass is 10.0. The molecule has 1 fully saturated rings. The van der Waals surface area contributed by atoms with Crippen molar-refractivity contribution in [2.75, 3.05) is 33.3 Å². The number of carbonyl (C=O) groups is 2. The van der Waals surface area contributed by atoms with Crippen molar-refractivity contribution in [1.29, 1.82) is 0 Å². The van der Waals surface area contributed by atoms with E-state index in [0.29, 0.717) is 0 Å². The predicted molar refractivity (Wildman–Crippen MR) is 96.6 cm³/mol. The smallest absolute Gasteiger partial charge is 0.321 e. The molecule has 3 N–H and O–H groups in total. The van der Waals surface area contributed by atoms with Gasteiger partial charge in [-0.3, -0.25) is 15.0 Å². The Balaban J connectivity index is 2.03. The van der Waals surface area contributed by atoms with Crippen LogP contribution in [0.15, 0.2) is 24.3 Å². The van der Waals surface area contributed by atoms with E-state index in [2.05, 4.69) is 20.9 Å². The predicted octanol–water partition coefficient (Wildman–Crippen LogP) is 1.27. The number of ether oxygens (including phenoxy) is 1. The van der Waals surface area contributed by atoms with E-state index in [1.165, 1.54) is 0 Å². The van der Waals surface area contributed by atoms with Gasteiger partial charge in [0.25, 0.3) is 0 Å². The number of hydrogen-bond donors (Lipinski definition) is 3. The molecule has 1 atom stereocenters. The second kappa shape index (κ2) is 8.31. The summed E-state index contributed by atoms with van der Waals surface area (Å²) >= 11 is 0. The summed E-state index contributed by atoms with van der Waals surface area (Å²) < 4.78 is 5.45. The number of para-hydroxylation sites is 1. The first-order chi connectivity index (χ1) is 11.8. The topological polar surface area (TPSA) is 82.7 Å². The van der Waals surface area contributed by atoms with Crippen molar-refractivity contribution < 1.29 is 14.3 Å². The van der Waals surface area contributed by atoms with Gasteiger partial charge >= 0.3 is 6.03 Å². The van der Waals surface area contributed by atoms with E-state index in [1.54, 1.807) is 7.11 Å². The number of hydrogen-bond acceptors (Lipinski definition) is 5. The third-order valence-corrected chi connectivity index (χ3v) is 3.94. The van der Waals surface area contributed by atoms with Crippen molar-refractivity contribution in [2.24, 2.45) is 0 Å². The summed E-state index contributed by atoms with van der Waals surface area (Å²) in [6.07, 6.45) is 0. The van der Waals surface area contributed by atoms with Crippen LogP contribution in [0.1, 0.15) is 32.4 Å². The standard InChI is InChI=1S/C18H28N4O3/c1-18(2,3)21-17(24)20-16(23)12-22-10-9-19-11-14(22)13-7-5-6-8-15(13)25-4/h5-8,14,19H,9-12H2,1-4H3,(H2,20,21,23,24). The number of benzene rings is 1. The zero-order valence-corrected chi connectivity index (χ0v) is 15.4. The van der Waals surface area contributed by atoms with Crippen LogP contribution >= 0.6 is 0 Å². The molecule has 0 spiro atoms. The first kappa shape index (κ1) is 19.2. The van der Waals surface area contributed by atoms with Gasteiger partial charge in [-0.1, -0.05) is 18.2 Å². The number of nitrogens with zero attached hydrogens (tertiary/aromatic N) is 1. The van der Waals surface area contributed by atoms with E-state index in [4.69, 9.17) is 4.74 Å². The summed E-state index contributed by atoms with van der Waals surface area (Å²) in [6, 6.07) is 7.35. The number of imide groups is 1. The summed E-state index contributed by atoms with van der Waals surface area (Å²) in [4.78, 5) is 26.2. The Morgan fingerprint density at radius 2 is 2.04 bits per heavy atom. The SMILES string of the molecule is COc1ccccc1C1CNCCN1CC(=O)NC(=O)NC(C)(C)C. The van der Waals surface area contributed by atoms with Crippen LogP contribution < -0.4 is 20.7 Å². The van der Waals surface area contributed by atoms with Gasteiger partial charge < -0.3 is 15.4 Å². The summed E-state index contributed by atoms with van der Waals surface area (Å²) in [5.74, 6) is 0.482. The Hall–Kier alpha value is -2.12. The highest BCUT2D eigenvalue weighted by Crippen LogP contribution is 2.29. The summed E-state index contributed by atoms with van der Waals surface area (Å²) in [7, 11) is 1.64. The summed E-state index contributed by atoms with van der Waals surface area (Å²) in [5.41, 5.74) is 0.642. The normalized spacial score (nSPS) is 18.5. The van der Waals surface area contributed by atoms with Crippen LogP contribution in [0.2, 0.25) is 0 Å². The molecule has 0 aliphatic carbocycles. The Morgan fingerprint density at radius 1 is 1.32 bits per heavy atom. The Kier molecular flexibility index (Phi) is 6.39. The highest BCUT2D eigenvalue weighted by atomic mass is 16.5. The minimum absolute atomic E-state index is 0.0151. The van der Waals surface area contributed by atoms with E-state index in [1.807, 2.05) is 45.0 Å². The highest BCUT2D eigenvalue weighted by Gasteiger charge is 2.28. The van der Waals surface area contributed by atoms with Crippen molar-refractivity contribution in [3.8, 4) is 5.75 Å². The van der Waals surface area contributed by atoms with Crippen LogP contribution in [-0.2, 0) is 4.79 Å². The lowest BCUT2D eigenvalue weighted by molar-refractivity contribution is -0.122. The van der Waals surface area contributed by atoms with Crippen LogP contribution in [0.4, 0.5) is 4.79 Å². The number of methoxy groups -OCH3 is 1. The number of amides is 3. The van der Waals surface area contributed by atoms with Gasteiger partial charge in [0.2, 0.25) is 5.91 Å². The van der Waals surface area contributed by atoms with Crippen LogP contribution in [0.3, 0.4) is 0 Å². The molecule has 1 aromatic rings. The van der Waals surface area contributed by atoms with Crippen LogP contribution in [0, 0.1) is 0 Å². The molecule has 1 aliphatic heterocycles. The fraction of sp³-hybridized carbons (Fsp3) is 0.556. The van der Waals surface area contributed by atoms with Crippen LogP contribution in [0.25, 0.3) is 0 Å². The molecule has 7 nitrogen and oxygen atoms in total. The fourth-order valence-electron chi connectivity index (χ4n) is 2.91. The van der Waals surface area contributed by atoms with Crippen LogP contribution in [-0.4, -0.2) is 55.7 Å². The maximum atomic E-state index is 12.3. The third-order valence-electron chi connectivity index (χ3n) is 3.94. The quantitative estimate of drug-likeness (QED) is 0.763. The minimum Gasteiger partial charge on any atom is -0.496 e. The number of rotatable bonds is 4. The van der Waals surface area contributed by atoms with Gasteiger partial charge in [-0.25, -0.2) is 4.79 Å². The zero-order chi connectivity index (χ0) is 18.4. The molecule has 0 radical (unpaired) electrons. The fourth-order valence-corrected chi connectivity index (χ4v) is 2.91. The Labute approximate surface area is 149 Å². The number of carbonyl (C=O) groups excluding carboxylic acids is 2. The van der Waals surface area contributed by atoms with E-state index in [-0.39, 0.29) is 24.0 Å². The molecule has 1 aromatic carbocycles. The van der Waals surface area contributed by atoms with E-state index < -0.39 is 6.03 Å². The first-order valence-corrected chi connectivity index (χ1v) is 8.50. The lowest BCUT2D eigenvalue weighted by Gasteiger charge is -2.36. The molecular weight excluding hydrogens is 320 g/mol. The van der Waals surface area contributed by atoms with Gasteiger partial charge in [-0.2, -0.15) is 0 Å². The molecular formula is C18H28N4O3. The van der Waals surface area contributed by atoms with E-state index in [9.17, 15) is 9.59 Å². The average molecular weight is 348 g/mol. The molecule has 7 heteroatoms. The number of urea groups is 1. The third kappa shape index (κ3) is 5.72. The molecule has 2 rings (SSSR count). The number of piperazine rings is 1. The van der Waals surface area contributed by atoms with E-state index >= 15 is 0 Å². The van der Waals surface area contributed by atoms with Gasteiger partial charge in [0.05, 0.1) is 19.7 Å². The molecule has 25 heavy (non-hydrogen) atoms. The number of nitrogens with one attached hydrogen (secondary N) is 3. The maximum Gasteiger partial charge on any atom is 0.321 e. The van der Waals surface area contributed by atoms with Gasteiger partial charge in [0.1, 0.15) is 5.75 Å². The second-order valence-electron chi connectivity index (χ2n) is 7.18. The monoisotopic (exact) mass is 348 g/mol. The lowest BCUT2D eigenvalue weighted by Crippen LogP contribution is -2.53. The van der Waals surface area contributed by atoms with E-state index in [0.717, 1.165) is 30.9 Å². The van der Waals surface area contributed by atoms with Crippen molar-refractivity contribution in [3.05, 3.63) is 29.8 Å². The van der Waals surface area contributed by atoms with Gasteiger partial charge in [-0.15, -0.1) is 0 Å². The molecule has 0 aromatic heterocycles. The molecule has 1 aliphatic rings. The van der Waals surface area contributed by atoms with Crippen LogP contribution in [0.5, 0.6) is 5.75 Å². The molecule has 0 bridgehead atoms.